The van der Waals surface area contributed by atoms with E-state index in [0.29, 0.717) is 28.6 Å². The number of ether oxygens (including phenoxy) is 1. The van der Waals surface area contributed by atoms with Gasteiger partial charge in [0.15, 0.2) is 0 Å². The quantitative estimate of drug-likeness (QED) is 0.493. The zero-order valence-corrected chi connectivity index (χ0v) is 16.7. The molecule has 0 atom stereocenters. The fourth-order valence-corrected chi connectivity index (χ4v) is 4.05. The van der Waals surface area contributed by atoms with Gasteiger partial charge in [0.05, 0.1) is 22.5 Å². The molecule has 2 aromatic heterocycles. The van der Waals surface area contributed by atoms with E-state index >= 15 is 0 Å². The Kier molecular flexibility index (Phi) is 4.29. The molecule has 1 N–H and O–H groups in total. The molecule has 4 aromatic rings. The number of carboxylic acids is 1. The van der Waals surface area contributed by atoms with Gasteiger partial charge < -0.3 is 9.84 Å². The van der Waals surface area contributed by atoms with Crippen molar-refractivity contribution in [1.82, 2.24) is 14.8 Å². The minimum Gasteiger partial charge on any atom is -0.478 e. The lowest BCUT2D eigenvalue weighted by Gasteiger charge is -2.07. The summed E-state index contributed by atoms with van der Waals surface area (Å²) >= 11 is 6.03. The van der Waals surface area contributed by atoms with Crippen LogP contribution in [0.4, 0.5) is 0 Å². The number of aromatic nitrogens is 3. The highest BCUT2D eigenvalue weighted by atomic mass is 35.5. The minimum absolute atomic E-state index is 0.287. The van der Waals surface area contributed by atoms with Gasteiger partial charge in [0.2, 0.25) is 0 Å². The van der Waals surface area contributed by atoms with Crippen LogP contribution in [0, 0.1) is 0 Å². The van der Waals surface area contributed by atoms with Crippen molar-refractivity contribution in [2.24, 2.45) is 7.05 Å². The number of aryl methyl sites for hydroxylation is 1. The van der Waals surface area contributed by atoms with Gasteiger partial charge in [-0.05, 0) is 53.6 Å². The molecule has 148 valence electrons. The molecule has 2 aromatic carbocycles. The molecule has 0 saturated heterocycles. The highest BCUT2D eigenvalue weighted by molar-refractivity contribution is 6.30. The van der Waals surface area contributed by atoms with Crippen molar-refractivity contribution in [3.63, 3.8) is 0 Å². The van der Waals surface area contributed by atoms with E-state index in [4.69, 9.17) is 16.3 Å². The third-order valence-electron chi connectivity index (χ3n) is 5.14. The van der Waals surface area contributed by atoms with Crippen LogP contribution in [0.15, 0.2) is 54.7 Å². The van der Waals surface area contributed by atoms with E-state index in [9.17, 15) is 9.90 Å². The van der Waals surface area contributed by atoms with Crippen LogP contribution in [0.5, 0.6) is 11.5 Å². The second-order valence-electron chi connectivity index (χ2n) is 7.08. The summed E-state index contributed by atoms with van der Waals surface area (Å²) in [5, 5.41) is 15.7. The van der Waals surface area contributed by atoms with Crippen LogP contribution in [0.2, 0.25) is 5.02 Å². The maximum absolute atomic E-state index is 11.6. The molecule has 2 heterocycles. The highest BCUT2D eigenvalue weighted by Gasteiger charge is 2.24. The van der Waals surface area contributed by atoms with Crippen LogP contribution in [0.3, 0.4) is 0 Å². The van der Waals surface area contributed by atoms with Crippen molar-refractivity contribution in [3.8, 4) is 11.5 Å². The molecule has 5 rings (SSSR count). The van der Waals surface area contributed by atoms with Gasteiger partial charge in [-0.25, -0.2) is 4.79 Å². The van der Waals surface area contributed by atoms with Crippen LogP contribution in [-0.2, 0) is 13.5 Å². The van der Waals surface area contributed by atoms with Gasteiger partial charge >= 0.3 is 5.97 Å². The first-order valence-corrected chi connectivity index (χ1v) is 9.70. The lowest BCUT2D eigenvalue weighted by molar-refractivity contribution is 0.0695. The molecular formula is C23H16ClN3O3. The lowest BCUT2D eigenvalue weighted by atomic mass is 10.0. The monoisotopic (exact) mass is 417 g/mol. The number of pyridine rings is 1. The summed E-state index contributed by atoms with van der Waals surface area (Å²) in [5.74, 6) is 0.369. The average molecular weight is 418 g/mol. The number of carboxylic acid groups (broad SMARTS) is 1. The summed E-state index contributed by atoms with van der Waals surface area (Å²) in [6, 6.07) is 14.5. The number of carbonyl (C=O) groups is 1. The molecule has 0 saturated carbocycles. The Morgan fingerprint density at radius 3 is 2.80 bits per heavy atom. The molecular weight excluding hydrogens is 402 g/mol. The van der Waals surface area contributed by atoms with Crippen molar-refractivity contribution in [3.05, 3.63) is 82.3 Å². The standard InChI is InChI=1S/C23H16ClN3O3/c1-27-22(13-9-19-17(23(28)29)7-8-25-20(19)10-13)18-6-5-16(12-21(18)26-27)30-15-4-2-3-14(24)11-15/h2-8,10-12H,9H2,1H3,(H,28,29). The van der Waals surface area contributed by atoms with E-state index in [-0.39, 0.29) is 5.56 Å². The molecule has 30 heavy (non-hydrogen) atoms. The molecule has 1 aliphatic carbocycles. The van der Waals surface area contributed by atoms with E-state index in [1.54, 1.807) is 18.2 Å². The Bertz CT molecular complexity index is 1360. The molecule has 1 aliphatic rings. The van der Waals surface area contributed by atoms with Gasteiger partial charge in [0.1, 0.15) is 11.5 Å². The number of nitrogens with zero attached hydrogens (tertiary/aromatic N) is 3. The number of allylic oxidation sites excluding steroid dienone is 1. The number of rotatable bonds is 4. The first kappa shape index (κ1) is 18.4. The Labute approximate surface area is 177 Å². The first-order valence-electron chi connectivity index (χ1n) is 9.32. The molecule has 0 aliphatic heterocycles. The summed E-state index contributed by atoms with van der Waals surface area (Å²) in [6.07, 6.45) is 3.97. The van der Waals surface area contributed by atoms with Crippen molar-refractivity contribution in [2.75, 3.05) is 0 Å². The Hall–Kier alpha value is -3.64. The molecule has 0 fully saturated rings. The maximum atomic E-state index is 11.6. The smallest absolute Gasteiger partial charge is 0.336 e. The van der Waals surface area contributed by atoms with Gasteiger partial charge in [-0.1, -0.05) is 17.7 Å². The van der Waals surface area contributed by atoms with E-state index in [0.717, 1.165) is 27.7 Å². The summed E-state index contributed by atoms with van der Waals surface area (Å²) in [4.78, 5) is 15.9. The summed E-state index contributed by atoms with van der Waals surface area (Å²) in [5.41, 5.74) is 4.43. The topological polar surface area (TPSA) is 77.2 Å². The minimum atomic E-state index is -0.944. The predicted molar refractivity (Wildman–Crippen MR) is 115 cm³/mol. The third kappa shape index (κ3) is 3.11. The van der Waals surface area contributed by atoms with Gasteiger partial charge in [-0.3, -0.25) is 9.67 Å². The Balaban J connectivity index is 1.51. The van der Waals surface area contributed by atoms with E-state index in [1.807, 2.05) is 48.1 Å². The maximum Gasteiger partial charge on any atom is 0.336 e. The molecule has 0 bridgehead atoms. The van der Waals surface area contributed by atoms with Crippen molar-refractivity contribution in [1.29, 1.82) is 0 Å². The van der Waals surface area contributed by atoms with E-state index in [1.165, 1.54) is 6.20 Å². The van der Waals surface area contributed by atoms with Gasteiger partial charge in [-0.2, -0.15) is 5.10 Å². The Morgan fingerprint density at radius 1 is 1.17 bits per heavy atom. The zero-order chi connectivity index (χ0) is 20.8. The molecule has 0 spiro atoms. The van der Waals surface area contributed by atoms with Crippen LogP contribution < -0.4 is 4.74 Å². The predicted octanol–water partition coefficient (Wildman–Crippen LogP) is 5.21. The number of hydrogen-bond donors (Lipinski definition) is 1. The Morgan fingerprint density at radius 2 is 2.00 bits per heavy atom. The van der Waals surface area contributed by atoms with Crippen molar-refractivity contribution in [2.45, 2.75) is 6.42 Å². The number of hydrogen-bond acceptors (Lipinski definition) is 4. The first-order chi connectivity index (χ1) is 14.5. The SMILES string of the molecule is Cn1nc2cc(Oc3cccc(Cl)c3)ccc2c1C1=Cc2nccc(C(=O)O)c2C1. The normalized spacial score (nSPS) is 12.7. The fraction of sp³-hybridized carbons (Fsp3) is 0.0870. The highest BCUT2D eigenvalue weighted by Crippen LogP contribution is 2.36. The number of aromatic carboxylic acids is 1. The summed E-state index contributed by atoms with van der Waals surface area (Å²) in [7, 11) is 1.88. The van der Waals surface area contributed by atoms with Crippen LogP contribution in [0.1, 0.15) is 27.3 Å². The molecule has 0 amide bonds. The van der Waals surface area contributed by atoms with Gasteiger partial charge in [-0.15, -0.1) is 0 Å². The van der Waals surface area contributed by atoms with E-state index in [2.05, 4.69) is 10.1 Å². The second kappa shape index (κ2) is 7.00. The summed E-state index contributed by atoms with van der Waals surface area (Å²) in [6.45, 7) is 0. The van der Waals surface area contributed by atoms with Crippen molar-refractivity contribution < 1.29 is 14.6 Å². The van der Waals surface area contributed by atoms with E-state index < -0.39 is 5.97 Å². The zero-order valence-electron chi connectivity index (χ0n) is 16.0. The number of fused-ring (bicyclic) bond motifs is 2. The van der Waals surface area contributed by atoms with Crippen LogP contribution in [-0.4, -0.2) is 25.8 Å². The molecule has 6 nitrogen and oxygen atoms in total. The molecule has 0 radical (unpaired) electrons. The molecule has 0 unspecified atom stereocenters. The van der Waals surface area contributed by atoms with Crippen LogP contribution in [0.25, 0.3) is 22.6 Å². The number of benzene rings is 2. The average Bonchev–Trinajstić information content (AvgIpc) is 3.26. The summed E-state index contributed by atoms with van der Waals surface area (Å²) < 4.78 is 7.72. The largest absolute Gasteiger partial charge is 0.478 e. The van der Waals surface area contributed by atoms with Gasteiger partial charge in [0, 0.05) is 36.1 Å². The van der Waals surface area contributed by atoms with Gasteiger partial charge in [0.25, 0.3) is 0 Å². The van der Waals surface area contributed by atoms with Crippen molar-refractivity contribution >= 4 is 40.1 Å². The van der Waals surface area contributed by atoms with Crippen LogP contribution >= 0.6 is 11.6 Å². The lowest BCUT2D eigenvalue weighted by Crippen LogP contribution is -2.04. The second-order valence-corrected chi connectivity index (χ2v) is 7.52. The number of halogens is 1. The molecule has 7 heteroatoms. The third-order valence-corrected chi connectivity index (χ3v) is 5.37. The fourth-order valence-electron chi connectivity index (χ4n) is 3.87.